The van der Waals surface area contributed by atoms with E-state index in [4.69, 9.17) is 0 Å². The number of nitrogens with one attached hydrogen (secondary N) is 3. The predicted octanol–water partition coefficient (Wildman–Crippen LogP) is 4.00. The lowest BCUT2D eigenvalue weighted by Gasteiger charge is -2.21. The highest BCUT2D eigenvalue weighted by molar-refractivity contribution is 7.10. The minimum Gasteiger partial charge on any atom is -0.307 e. The lowest BCUT2D eigenvalue weighted by molar-refractivity contribution is -0.119. The van der Waals surface area contributed by atoms with E-state index in [-0.39, 0.29) is 18.5 Å². The molecule has 3 N–H and O–H groups in total. The van der Waals surface area contributed by atoms with E-state index in [9.17, 15) is 9.59 Å². The topological polar surface area (TPSA) is 70.2 Å². The van der Waals surface area contributed by atoms with Crippen molar-refractivity contribution in [2.24, 2.45) is 5.92 Å². The predicted molar refractivity (Wildman–Crippen MR) is 103 cm³/mol. The Bertz CT molecular complexity index is 726. The molecule has 0 fully saturated rings. The first kappa shape index (κ1) is 19.1. The van der Waals surface area contributed by atoms with E-state index in [1.807, 2.05) is 49.6 Å². The van der Waals surface area contributed by atoms with Crippen LogP contribution in [-0.4, -0.2) is 18.5 Å². The molecule has 2 aromatic rings. The van der Waals surface area contributed by atoms with Crippen molar-refractivity contribution in [2.75, 3.05) is 11.9 Å². The van der Waals surface area contributed by atoms with Crippen molar-refractivity contribution in [3.05, 3.63) is 51.7 Å². The van der Waals surface area contributed by atoms with Gasteiger partial charge in [-0.15, -0.1) is 11.3 Å². The molecule has 0 aliphatic carbocycles. The number of benzene rings is 1. The van der Waals surface area contributed by atoms with Gasteiger partial charge in [0.2, 0.25) is 5.91 Å². The number of carbonyl (C=O) groups is 2. The van der Waals surface area contributed by atoms with Gasteiger partial charge < -0.3 is 10.6 Å². The Labute approximate surface area is 152 Å². The van der Waals surface area contributed by atoms with Crippen molar-refractivity contribution >= 4 is 29.0 Å². The SMILES string of the molecule is Cc1ccc(NC(=O)NC(=O)CNC(c2cccs2)C(C)C)c(C)c1. The van der Waals surface area contributed by atoms with Crippen LogP contribution in [-0.2, 0) is 4.79 Å². The summed E-state index contributed by atoms with van der Waals surface area (Å²) >= 11 is 1.66. The fraction of sp³-hybridized carbons (Fsp3) is 0.368. The summed E-state index contributed by atoms with van der Waals surface area (Å²) in [6, 6.07) is 9.34. The van der Waals surface area contributed by atoms with Crippen molar-refractivity contribution < 1.29 is 9.59 Å². The van der Waals surface area contributed by atoms with Crippen LogP contribution in [0.25, 0.3) is 0 Å². The second-order valence-electron chi connectivity index (χ2n) is 6.44. The summed E-state index contributed by atoms with van der Waals surface area (Å²) in [5.41, 5.74) is 2.78. The van der Waals surface area contributed by atoms with Crippen LogP contribution in [0.15, 0.2) is 35.7 Å². The van der Waals surface area contributed by atoms with Gasteiger partial charge in [0.25, 0.3) is 0 Å². The first-order chi connectivity index (χ1) is 11.9. The van der Waals surface area contributed by atoms with Gasteiger partial charge >= 0.3 is 6.03 Å². The summed E-state index contributed by atoms with van der Waals surface area (Å²) in [7, 11) is 0. The second kappa shape index (κ2) is 8.78. The number of hydrogen-bond acceptors (Lipinski definition) is 4. The first-order valence-corrected chi connectivity index (χ1v) is 9.19. The van der Waals surface area contributed by atoms with Crippen molar-refractivity contribution in [1.29, 1.82) is 0 Å². The molecule has 0 aliphatic heterocycles. The number of thiophene rings is 1. The molecule has 25 heavy (non-hydrogen) atoms. The molecule has 3 amide bonds. The zero-order valence-electron chi connectivity index (χ0n) is 15.1. The molecule has 6 heteroatoms. The Balaban J connectivity index is 1.85. The number of urea groups is 1. The Kier molecular flexibility index (Phi) is 6.73. The molecule has 1 atom stereocenters. The van der Waals surface area contributed by atoms with E-state index in [0.29, 0.717) is 11.6 Å². The minimum absolute atomic E-state index is 0.0844. The lowest BCUT2D eigenvalue weighted by Crippen LogP contribution is -2.41. The van der Waals surface area contributed by atoms with E-state index in [1.54, 1.807) is 11.3 Å². The average molecular weight is 359 g/mol. The van der Waals surface area contributed by atoms with Crippen molar-refractivity contribution in [1.82, 2.24) is 10.6 Å². The third-order valence-corrected chi connectivity index (χ3v) is 4.84. The molecule has 1 aromatic carbocycles. The van der Waals surface area contributed by atoms with E-state index < -0.39 is 6.03 Å². The number of imide groups is 1. The molecule has 1 unspecified atom stereocenters. The van der Waals surface area contributed by atoms with Gasteiger partial charge in [0.15, 0.2) is 0 Å². The Morgan fingerprint density at radius 1 is 1.16 bits per heavy atom. The van der Waals surface area contributed by atoms with E-state index >= 15 is 0 Å². The van der Waals surface area contributed by atoms with Gasteiger partial charge in [-0.2, -0.15) is 0 Å². The molecule has 0 bridgehead atoms. The molecule has 5 nitrogen and oxygen atoms in total. The third-order valence-electron chi connectivity index (χ3n) is 3.88. The first-order valence-electron chi connectivity index (χ1n) is 8.31. The molecule has 1 aromatic heterocycles. The van der Waals surface area contributed by atoms with Crippen molar-refractivity contribution in [3.8, 4) is 0 Å². The van der Waals surface area contributed by atoms with Crippen LogP contribution in [0.5, 0.6) is 0 Å². The zero-order chi connectivity index (χ0) is 18.4. The summed E-state index contributed by atoms with van der Waals surface area (Å²) in [5, 5.41) is 10.3. The second-order valence-corrected chi connectivity index (χ2v) is 7.42. The highest BCUT2D eigenvalue weighted by Crippen LogP contribution is 2.25. The lowest BCUT2D eigenvalue weighted by atomic mass is 10.0. The number of hydrogen-bond donors (Lipinski definition) is 3. The van der Waals surface area contributed by atoms with Crippen LogP contribution in [0.2, 0.25) is 0 Å². The van der Waals surface area contributed by atoms with Crippen LogP contribution < -0.4 is 16.0 Å². The maximum atomic E-state index is 12.0. The van der Waals surface area contributed by atoms with Gasteiger partial charge in [-0.05, 0) is 42.8 Å². The van der Waals surface area contributed by atoms with E-state index in [1.165, 1.54) is 4.88 Å². The zero-order valence-corrected chi connectivity index (χ0v) is 15.9. The monoisotopic (exact) mass is 359 g/mol. The minimum atomic E-state index is -0.518. The van der Waals surface area contributed by atoms with Gasteiger partial charge in [0.1, 0.15) is 0 Å². The van der Waals surface area contributed by atoms with Crippen molar-refractivity contribution in [3.63, 3.8) is 0 Å². The molecule has 0 spiro atoms. The van der Waals surface area contributed by atoms with Gasteiger partial charge in [-0.25, -0.2) is 4.79 Å². The number of anilines is 1. The summed E-state index contributed by atoms with van der Waals surface area (Å²) in [6.07, 6.45) is 0. The molecule has 0 saturated carbocycles. The normalized spacial score (nSPS) is 12.0. The molecule has 0 saturated heterocycles. The highest BCUT2D eigenvalue weighted by Gasteiger charge is 2.18. The summed E-state index contributed by atoms with van der Waals surface area (Å²) in [4.78, 5) is 25.2. The number of amides is 3. The van der Waals surface area contributed by atoms with Gasteiger partial charge in [0.05, 0.1) is 6.54 Å². The van der Waals surface area contributed by atoms with Crippen LogP contribution >= 0.6 is 11.3 Å². The molecule has 134 valence electrons. The summed E-state index contributed by atoms with van der Waals surface area (Å²) in [5.74, 6) is -0.0139. The highest BCUT2D eigenvalue weighted by atomic mass is 32.1. The smallest absolute Gasteiger partial charge is 0.307 e. The largest absolute Gasteiger partial charge is 0.325 e. The van der Waals surface area contributed by atoms with Crippen LogP contribution in [0.3, 0.4) is 0 Å². The van der Waals surface area contributed by atoms with Crippen LogP contribution in [0, 0.1) is 19.8 Å². The van der Waals surface area contributed by atoms with Gasteiger partial charge in [-0.3, -0.25) is 10.1 Å². The molecular formula is C19H25N3O2S. The molecule has 2 rings (SSSR count). The molecule has 0 aliphatic rings. The maximum Gasteiger partial charge on any atom is 0.325 e. The fourth-order valence-electron chi connectivity index (χ4n) is 2.61. The van der Waals surface area contributed by atoms with Gasteiger partial charge in [-0.1, -0.05) is 37.6 Å². The molecule has 1 heterocycles. The van der Waals surface area contributed by atoms with Crippen LogP contribution in [0.1, 0.15) is 35.9 Å². The number of carbonyl (C=O) groups excluding carboxylic acids is 2. The average Bonchev–Trinajstić information content (AvgIpc) is 3.04. The summed E-state index contributed by atoms with van der Waals surface area (Å²) in [6.45, 7) is 8.19. The maximum absolute atomic E-state index is 12.0. The van der Waals surface area contributed by atoms with E-state index in [2.05, 4.69) is 29.8 Å². The summed E-state index contributed by atoms with van der Waals surface area (Å²) < 4.78 is 0. The van der Waals surface area contributed by atoms with Crippen molar-refractivity contribution in [2.45, 2.75) is 33.7 Å². The molecular weight excluding hydrogens is 334 g/mol. The Morgan fingerprint density at radius 3 is 2.52 bits per heavy atom. The van der Waals surface area contributed by atoms with Crippen LogP contribution in [0.4, 0.5) is 10.5 Å². The number of aryl methyl sites for hydroxylation is 2. The standard InChI is InChI=1S/C19H25N3O2S/c1-12(2)18(16-6-5-9-25-16)20-11-17(23)22-19(24)21-15-8-7-13(3)10-14(15)4/h5-10,12,18,20H,11H2,1-4H3,(H2,21,22,23,24). The third kappa shape index (κ3) is 5.69. The quantitative estimate of drug-likeness (QED) is 0.730. The Hall–Kier alpha value is -2.18. The van der Waals surface area contributed by atoms with Gasteiger partial charge in [0, 0.05) is 16.6 Å². The van der Waals surface area contributed by atoms with E-state index in [0.717, 1.165) is 11.1 Å². The number of rotatable bonds is 6. The molecule has 0 radical (unpaired) electrons. The fourth-order valence-corrected chi connectivity index (χ4v) is 3.59. The Morgan fingerprint density at radius 2 is 1.92 bits per heavy atom.